The Morgan fingerprint density at radius 3 is 1.43 bits per heavy atom. The Morgan fingerprint density at radius 1 is 0.643 bits per heavy atom. The Hall–Kier alpha value is -1.34. The zero-order valence-corrected chi connectivity index (χ0v) is 16.5. The number of hydrogen-bond acceptors (Lipinski definition) is 6. The lowest BCUT2D eigenvalue weighted by Gasteiger charge is -2.47. The van der Waals surface area contributed by atoms with Crippen LogP contribution in [-0.4, -0.2) is 60.1 Å². The third-order valence-corrected chi connectivity index (χ3v) is 6.47. The van der Waals surface area contributed by atoms with Gasteiger partial charge in [0.2, 0.25) is 0 Å². The van der Waals surface area contributed by atoms with Gasteiger partial charge in [-0.25, -0.2) is 0 Å². The number of ether oxygens (including phenoxy) is 4. The van der Waals surface area contributed by atoms with E-state index in [-0.39, 0.29) is 37.6 Å². The third-order valence-electron chi connectivity index (χ3n) is 6.47. The molecule has 4 rings (SSSR count). The predicted molar refractivity (Wildman–Crippen MR) is 104 cm³/mol. The van der Waals surface area contributed by atoms with Crippen LogP contribution in [0.15, 0.2) is 24.3 Å². The van der Waals surface area contributed by atoms with E-state index in [4.69, 9.17) is 18.9 Å². The first-order valence-electron chi connectivity index (χ1n) is 10.6. The van der Waals surface area contributed by atoms with Crippen LogP contribution in [0.5, 0.6) is 11.5 Å². The number of benzene rings is 1. The average Bonchev–Trinajstić information content (AvgIpc) is 3.39. The molecule has 6 nitrogen and oxygen atoms in total. The molecule has 2 spiro atoms. The Bertz CT molecular complexity index is 581. The predicted octanol–water partition coefficient (Wildman–Crippen LogP) is 2.84. The number of aliphatic hydroxyl groups excluding tert-OH is 2. The van der Waals surface area contributed by atoms with Crippen LogP contribution in [-0.2, 0) is 9.47 Å². The van der Waals surface area contributed by atoms with E-state index in [0.717, 1.165) is 51.4 Å². The largest absolute Gasteiger partial charge is 0.487 e. The van der Waals surface area contributed by atoms with Crippen molar-refractivity contribution < 1.29 is 29.2 Å². The van der Waals surface area contributed by atoms with E-state index in [0.29, 0.717) is 11.5 Å². The summed E-state index contributed by atoms with van der Waals surface area (Å²) in [5.74, 6) is 1.10. The molecule has 0 saturated heterocycles. The molecule has 156 valence electrons. The molecule has 2 aliphatic carbocycles. The second-order valence-electron chi connectivity index (χ2n) is 8.40. The highest BCUT2D eigenvalue weighted by Crippen LogP contribution is 2.51. The highest BCUT2D eigenvalue weighted by molar-refractivity contribution is 5.39. The quantitative estimate of drug-likeness (QED) is 0.707. The molecule has 6 heteroatoms. The summed E-state index contributed by atoms with van der Waals surface area (Å²) in [6.45, 7) is 0.701. The summed E-state index contributed by atoms with van der Waals surface area (Å²) in [7, 11) is 0. The minimum Gasteiger partial charge on any atom is -0.487 e. The average molecular weight is 392 g/mol. The normalized spacial score (nSPS) is 30.4. The molecule has 1 aromatic rings. The Balaban J connectivity index is 1.57. The first kappa shape index (κ1) is 20.0. The number of aliphatic hydroxyl groups is 2. The maximum Gasteiger partial charge on any atom is 0.161 e. The van der Waals surface area contributed by atoms with Crippen molar-refractivity contribution in [3.05, 3.63) is 24.3 Å². The summed E-state index contributed by atoms with van der Waals surface area (Å²) >= 11 is 0. The third kappa shape index (κ3) is 4.01. The first-order chi connectivity index (χ1) is 13.6. The van der Waals surface area contributed by atoms with E-state index in [1.54, 1.807) is 12.1 Å². The van der Waals surface area contributed by atoms with Gasteiger partial charge >= 0.3 is 0 Å². The van der Waals surface area contributed by atoms with Crippen LogP contribution in [0.4, 0.5) is 0 Å². The Kier molecular flexibility index (Phi) is 6.11. The molecular weight excluding hydrogens is 360 g/mol. The van der Waals surface area contributed by atoms with E-state index in [1.165, 1.54) is 0 Å². The van der Waals surface area contributed by atoms with Gasteiger partial charge in [-0.2, -0.15) is 0 Å². The minimum absolute atomic E-state index is 0.132. The molecular formula is C22H32O6. The lowest BCUT2D eigenvalue weighted by Crippen LogP contribution is -2.56. The van der Waals surface area contributed by atoms with Crippen LogP contribution in [0.25, 0.3) is 0 Å². The van der Waals surface area contributed by atoms with Gasteiger partial charge in [0, 0.05) is 0 Å². The van der Waals surface area contributed by atoms with Crippen LogP contribution in [0.3, 0.4) is 0 Å². The molecule has 1 heterocycles. The van der Waals surface area contributed by atoms with Crippen LogP contribution in [0, 0.1) is 0 Å². The van der Waals surface area contributed by atoms with Crippen molar-refractivity contribution in [2.45, 2.75) is 74.8 Å². The smallest absolute Gasteiger partial charge is 0.161 e. The van der Waals surface area contributed by atoms with Gasteiger partial charge in [-0.05, 0) is 37.8 Å². The second-order valence-corrected chi connectivity index (χ2v) is 8.40. The van der Waals surface area contributed by atoms with Crippen molar-refractivity contribution in [1.29, 1.82) is 0 Å². The van der Waals surface area contributed by atoms with Crippen molar-refractivity contribution in [3.8, 4) is 11.5 Å². The number of rotatable bonds is 0. The first-order valence-corrected chi connectivity index (χ1v) is 10.6. The maximum atomic E-state index is 10.5. The minimum atomic E-state index is -0.725. The summed E-state index contributed by atoms with van der Waals surface area (Å²) in [6, 6.07) is 7.30. The Morgan fingerprint density at radius 2 is 1.04 bits per heavy atom. The topological polar surface area (TPSA) is 77.4 Å². The molecule has 2 saturated carbocycles. The molecule has 2 N–H and O–H groups in total. The molecule has 1 aliphatic heterocycles. The summed E-state index contributed by atoms with van der Waals surface area (Å²) < 4.78 is 24.4. The second kappa shape index (κ2) is 8.57. The molecule has 2 atom stereocenters. The van der Waals surface area contributed by atoms with E-state index in [1.807, 2.05) is 12.1 Å². The van der Waals surface area contributed by atoms with E-state index in [2.05, 4.69) is 0 Å². The fourth-order valence-corrected chi connectivity index (χ4v) is 5.02. The molecule has 2 unspecified atom stereocenters. The fourth-order valence-electron chi connectivity index (χ4n) is 5.02. The van der Waals surface area contributed by atoms with Crippen molar-refractivity contribution in [1.82, 2.24) is 0 Å². The highest BCUT2D eigenvalue weighted by atomic mass is 16.6. The monoisotopic (exact) mass is 392 g/mol. The zero-order valence-electron chi connectivity index (χ0n) is 16.5. The van der Waals surface area contributed by atoms with Gasteiger partial charge in [0.15, 0.2) is 11.5 Å². The molecule has 2 fully saturated rings. The van der Waals surface area contributed by atoms with Gasteiger partial charge in [0.25, 0.3) is 0 Å². The van der Waals surface area contributed by atoms with Crippen molar-refractivity contribution in [3.63, 3.8) is 0 Å². The highest BCUT2D eigenvalue weighted by Gasteiger charge is 2.56. The molecule has 0 aromatic heterocycles. The van der Waals surface area contributed by atoms with E-state index in [9.17, 15) is 10.2 Å². The summed E-state index contributed by atoms with van der Waals surface area (Å²) in [5, 5.41) is 21.0. The van der Waals surface area contributed by atoms with Crippen LogP contribution < -0.4 is 9.47 Å². The fraction of sp³-hybridized carbons (Fsp3) is 0.727. The van der Waals surface area contributed by atoms with Gasteiger partial charge in [-0.1, -0.05) is 37.8 Å². The van der Waals surface area contributed by atoms with Crippen LogP contribution in [0.2, 0.25) is 0 Å². The number of hydrogen-bond donors (Lipinski definition) is 2. The molecule has 28 heavy (non-hydrogen) atoms. The van der Waals surface area contributed by atoms with E-state index < -0.39 is 12.2 Å². The van der Waals surface area contributed by atoms with Crippen LogP contribution in [0.1, 0.15) is 51.4 Å². The van der Waals surface area contributed by atoms with Crippen molar-refractivity contribution in [2.75, 3.05) is 26.4 Å². The standard InChI is InChI=1S/C22H32O6/c23-17-13-25-19-7-1-2-8-20(19)26-14-18(24)16-28-22(11-5-6-12-22)21(27-15-17)9-3-4-10-21/h1-2,7-8,17-18,23-24H,3-6,9-16H2. The summed E-state index contributed by atoms with van der Waals surface area (Å²) in [5.41, 5.74) is -0.764. The summed E-state index contributed by atoms with van der Waals surface area (Å²) in [4.78, 5) is 0. The lowest BCUT2D eigenvalue weighted by atomic mass is 9.79. The molecule has 0 radical (unpaired) electrons. The van der Waals surface area contributed by atoms with Gasteiger partial charge < -0.3 is 29.2 Å². The van der Waals surface area contributed by atoms with E-state index >= 15 is 0 Å². The van der Waals surface area contributed by atoms with Gasteiger partial charge in [-0.3, -0.25) is 0 Å². The molecule has 3 aliphatic rings. The maximum absolute atomic E-state index is 10.5. The summed E-state index contributed by atoms with van der Waals surface area (Å²) in [6.07, 6.45) is 6.74. The van der Waals surface area contributed by atoms with Crippen molar-refractivity contribution >= 4 is 0 Å². The van der Waals surface area contributed by atoms with Gasteiger partial charge in [0.05, 0.1) is 24.4 Å². The Labute approximate surface area is 166 Å². The molecule has 1 aromatic carbocycles. The SMILES string of the molecule is OC1COc2ccccc2OCC(O)COC2(CCCC2)C2(CCCC2)OC1. The molecule has 0 amide bonds. The van der Waals surface area contributed by atoms with Crippen LogP contribution >= 0.6 is 0 Å². The lowest BCUT2D eigenvalue weighted by molar-refractivity contribution is -0.222. The zero-order chi connectivity index (χ0) is 19.5. The van der Waals surface area contributed by atoms with Gasteiger partial charge in [0.1, 0.15) is 25.4 Å². The van der Waals surface area contributed by atoms with Crippen molar-refractivity contribution in [2.24, 2.45) is 0 Å². The number of para-hydroxylation sites is 2. The van der Waals surface area contributed by atoms with Gasteiger partial charge in [-0.15, -0.1) is 0 Å². The number of fused-ring (bicyclic) bond motifs is 2. The molecule has 0 bridgehead atoms.